The van der Waals surface area contributed by atoms with Crippen molar-refractivity contribution in [2.45, 2.75) is 45.1 Å². The van der Waals surface area contributed by atoms with Gasteiger partial charge in [0.15, 0.2) is 5.69 Å². The second-order valence-electron chi connectivity index (χ2n) is 7.45. The number of fused-ring (bicyclic) bond motifs is 1. The van der Waals surface area contributed by atoms with Crippen molar-refractivity contribution in [3.05, 3.63) is 17.0 Å². The van der Waals surface area contributed by atoms with E-state index in [9.17, 15) is 4.79 Å². The molecule has 6 heteroatoms. The number of aryl methyl sites for hydroxylation is 1. The van der Waals surface area contributed by atoms with Crippen LogP contribution >= 0.6 is 0 Å². The summed E-state index contributed by atoms with van der Waals surface area (Å²) in [5.74, 6) is 1.60. The van der Waals surface area contributed by atoms with Crippen LogP contribution in [0.3, 0.4) is 0 Å². The summed E-state index contributed by atoms with van der Waals surface area (Å²) < 4.78 is 10.9. The Morgan fingerprint density at radius 1 is 1.12 bits per heavy atom. The third kappa shape index (κ3) is 3.09. The van der Waals surface area contributed by atoms with Crippen LogP contribution in [0.4, 0.5) is 0 Å². The molecule has 1 amide bonds. The van der Waals surface area contributed by atoms with Crippen LogP contribution in [0.2, 0.25) is 0 Å². The average Bonchev–Trinajstić information content (AvgIpc) is 3.05. The van der Waals surface area contributed by atoms with Gasteiger partial charge in [0, 0.05) is 44.2 Å². The van der Waals surface area contributed by atoms with E-state index in [0.29, 0.717) is 17.7 Å². The largest absolute Gasteiger partial charge is 0.379 e. The third-order valence-electron chi connectivity index (χ3n) is 5.80. The summed E-state index contributed by atoms with van der Waals surface area (Å²) in [6, 6.07) is 0.587. The first-order valence-electron chi connectivity index (χ1n) is 9.31. The summed E-state index contributed by atoms with van der Waals surface area (Å²) in [6.45, 7) is 7.58. The molecule has 1 aromatic rings. The Balaban J connectivity index is 1.39. The van der Waals surface area contributed by atoms with Gasteiger partial charge in [-0.25, -0.2) is 0 Å². The number of ether oxygens (including phenoxy) is 1. The zero-order valence-corrected chi connectivity index (χ0v) is 14.5. The standard InChI is InChI=1S/C18H27N3O3/c1-13-2-3-16-15(12-13)17(19-24-16)18(22)21-6-4-14(5-7-21)20-8-10-23-11-9-20/h13-14H,2-12H2,1H3. The Bertz CT molecular complexity index is 586. The number of aromatic nitrogens is 1. The summed E-state index contributed by atoms with van der Waals surface area (Å²) in [6.07, 6.45) is 5.05. The average molecular weight is 333 g/mol. The molecule has 0 saturated carbocycles. The highest BCUT2D eigenvalue weighted by atomic mass is 16.5. The third-order valence-corrected chi connectivity index (χ3v) is 5.80. The molecule has 2 aliphatic heterocycles. The molecule has 24 heavy (non-hydrogen) atoms. The minimum atomic E-state index is 0.0644. The van der Waals surface area contributed by atoms with Crippen LogP contribution in [0, 0.1) is 5.92 Å². The number of likely N-dealkylation sites (tertiary alicyclic amines) is 1. The molecule has 0 radical (unpaired) electrons. The van der Waals surface area contributed by atoms with E-state index in [1.807, 2.05) is 4.90 Å². The molecule has 6 nitrogen and oxygen atoms in total. The van der Waals surface area contributed by atoms with Crippen molar-refractivity contribution in [1.29, 1.82) is 0 Å². The highest BCUT2D eigenvalue weighted by Crippen LogP contribution is 2.29. The van der Waals surface area contributed by atoms with Crippen LogP contribution in [0.5, 0.6) is 0 Å². The second kappa shape index (κ2) is 6.84. The summed E-state index contributed by atoms with van der Waals surface area (Å²) in [5.41, 5.74) is 1.63. The van der Waals surface area contributed by atoms with Gasteiger partial charge in [-0.1, -0.05) is 12.1 Å². The molecular formula is C18H27N3O3. The first-order valence-corrected chi connectivity index (χ1v) is 9.31. The molecule has 1 unspecified atom stereocenters. The fourth-order valence-electron chi connectivity index (χ4n) is 4.27. The number of piperidine rings is 1. The van der Waals surface area contributed by atoms with E-state index in [0.717, 1.165) is 82.8 Å². The molecule has 0 N–H and O–H groups in total. The van der Waals surface area contributed by atoms with E-state index in [4.69, 9.17) is 9.26 Å². The van der Waals surface area contributed by atoms with E-state index >= 15 is 0 Å². The first-order chi connectivity index (χ1) is 11.7. The van der Waals surface area contributed by atoms with E-state index in [-0.39, 0.29) is 5.91 Å². The minimum Gasteiger partial charge on any atom is -0.379 e. The summed E-state index contributed by atoms with van der Waals surface area (Å²) in [7, 11) is 0. The van der Waals surface area contributed by atoms with Gasteiger partial charge < -0.3 is 14.2 Å². The van der Waals surface area contributed by atoms with Crippen molar-refractivity contribution < 1.29 is 14.1 Å². The van der Waals surface area contributed by atoms with Crippen molar-refractivity contribution in [1.82, 2.24) is 15.0 Å². The highest BCUT2D eigenvalue weighted by molar-refractivity contribution is 5.94. The Morgan fingerprint density at radius 2 is 1.88 bits per heavy atom. The van der Waals surface area contributed by atoms with Gasteiger partial charge in [-0.05, 0) is 31.6 Å². The topological polar surface area (TPSA) is 58.8 Å². The van der Waals surface area contributed by atoms with Gasteiger partial charge in [0.05, 0.1) is 13.2 Å². The lowest BCUT2D eigenvalue weighted by Gasteiger charge is -2.40. The monoisotopic (exact) mass is 333 g/mol. The molecule has 1 aromatic heterocycles. The predicted octanol–water partition coefficient (Wildman–Crippen LogP) is 1.74. The molecule has 2 saturated heterocycles. The van der Waals surface area contributed by atoms with E-state index in [2.05, 4.69) is 17.0 Å². The highest BCUT2D eigenvalue weighted by Gasteiger charge is 2.32. The van der Waals surface area contributed by atoms with Crippen LogP contribution in [-0.4, -0.2) is 66.3 Å². The van der Waals surface area contributed by atoms with Crippen LogP contribution in [0.1, 0.15) is 48.0 Å². The lowest BCUT2D eigenvalue weighted by molar-refractivity contribution is 0.00147. The van der Waals surface area contributed by atoms with E-state index in [1.165, 1.54) is 0 Å². The zero-order valence-electron chi connectivity index (χ0n) is 14.5. The zero-order chi connectivity index (χ0) is 16.5. The van der Waals surface area contributed by atoms with Gasteiger partial charge in [0.2, 0.25) is 0 Å². The predicted molar refractivity (Wildman–Crippen MR) is 89.0 cm³/mol. The smallest absolute Gasteiger partial charge is 0.276 e. The Hall–Kier alpha value is -1.40. The Labute approximate surface area is 143 Å². The van der Waals surface area contributed by atoms with Crippen molar-refractivity contribution in [2.24, 2.45) is 5.92 Å². The fraction of sp³-hybridized carbons (Fsp3) is 0.778. The molecule has 3 aliphatic rings. The lowest BCUT2D eigenvalue weighted by Crippen LogP contribution is -2.50. The van der Waals surface area contributed by atoms with Crippen molar-refractivity contribution in [2.75, 3.05) is 39.4 Å². The first kappa shape index (κ1) is 16.1. The number of rotatable bonds is 2. The van der Waals surface area contributed by atoms with Crippen LogP contribution in [-0.2, 0) is 17.6 Å². The number of morpholine rings is 1. The maximum absolute atomic E-state index is 12.9. The maximum Gasteiger partial charge on any atom is 0.276 e. The number of carbonyl (C=O) groups excluding carboxylic acids is 1. The summed E-state index contributed by atoms with van der Waals surface area (Å²) in [5, 5.41) is 4.12. The van der Waals surface area contributed by atoms with Crippen molar-refractivity contribution >= 4 is 5.91 Å². The quantitative estimate of drug-likeness (QED) is 0.825. The normalized spacial score (nSPS) is 26.4. The summed E-state index contributed by atoms with van der Waals surface area (Å²) >= 11 is 0. The van der Waals surface area contributed by atoms with Gasteiger partial charge in [-0.2, -0.15) is 0 Å². The molecule has 0 spiro atoms. The maximum atomic E-state index is 12.9. The van der Waals surface area contributed by atoms with Gasteiger partial charge in [-0.15, -0.1) is 0 Å². The van der Waals surface area contributed by atoms with Gasteiger partial charge in [-0.3, -0.25) is 9.69 Å². The van der Waals surface area contributed by atoms with Crippen LogP contribution < -0.4 is 0 Å². The Kier molecular flexibility index (Phi) is 4.59. The van der Waals surface area contributed by atoms with Gasteiger partial charge in [0.25, 0.3) is 5.91 Å². The number of nitrogens with zero attached hydrogens (tertiary/aromatic N) is 3. The molecule has 3 heterocycles. The molecule has 1 atom stereocenters. The van der Waals surface area contributed by atoms with Crippen molar-refractivity contribution in [3.63, 3.8) is 0 Å². The minimum absolute atomic E-state index is 0.0644. The van der Waals surface area contributed by atoms with Crippen LogP contribution in [0.25, 0.3) is 0 Å². The number of amides is 1. The molecular weight excluding hydrogens is 306 g/mol. The van der Waals surface area contributed by atoms with E-state index in [1.54, 1.807) is 0 Å². The molecule has 0 bridgehead atoms. The molecule has 4 rings (SSSR count). The van der Waals surface area contributed by atoms with E-state index < -0.39 is 0 Å². The Morgan fingerprint density at radius 3 is 2.62 bits per heavy atom. The van der Waals surface area contributed by atoms with Crippen LogP contribution in [0.15, 0.2) is 4.52 Å². The molecule has 1 aliphatic carbocycles. The molecule has 132 valence electrons. The number of hydrogen-bond acceptors (Lipinski definition) is 5. The number of carbonyl (C=O) groups is 1. The summed E-state index contributed by atoms with van der Waals surface area (Å²) in [4.78, 5) is 17.4. The SMILES string of the molecule is CC1CCc2onc(C(=O)N3CCC(N4CCOCC4)CC3)c2C1. The fourth-order valence-corrected chi connectivity index (χ4v) is 4.27. The molecule has 0 aromatic carbocycles. The van der Waals surface area contributed by atoms with Gasteiger partial charge >= 0.3 is 0 Å². The molecule has 2 fully saturated rings. The van der Waals surface area contributed by atoms with Crippen molar-refractivity contribution in [3.8, 4) is 0 Å². The van der Waals surface area contributed by atoms with Gasteiger partial charge in [0.1, 0.15) is 5.76 Å². The lowest BCUT2D eigenvalue weighted by atomic mass is 9.88. The number of hydrogen-bond donors (Lipinski definition) is 0. The second-order valence-corrected chi connectivity index (χ2v) is 7.45.